The van der Waals surface area contributed by atoms with Gasteiger partial charge in [0.25, 0.3) is 0 Å². The Hall–Kier alpha value is -1.47. The lowest BCUT2D eigenvalue weighted by molar-refractivity contribution is -0.379. The van der Waals surface area contributed by atoms with Crippen molar-refractivity contribution >= 4 is 5.91 Å². The van der Waals surface area contributed by atoms with E-state index >= 15 is 0 Å². The summed E-state index contributed by atoms with van der Waals surface area (Å²) >= 11 is 0. The molecule has 1 amide bonds. The minimum absolute atomic E-state index is 0.238. The number of rotatable bonds is 55. The van der Waals surface area contributed by atoms with Crippen LogP contribution in [0.25, 0.3) is 0 Å². The zero-order valence-corrected chi connectivity index (χ0v) is 54.3. The first-order valence-corrected chi connectivity index (χ1v) is 35.4. The number of amides is 1. The highest BCUT2D eigenvalue weighted by atomic mass is 16.8. The minimum atomic E-state index is -1.97. The Morgan fingerprint density at radius 1 is 0.402 bits per heavy atom. The van der Waals surface area contributed by atoms with Gasteiger partial charge in [0.2, 0.25) is 5.91 Å². The highest BCUT2D eigenvalue weighted by molar-refractivity contribution is 5.76. The summed E-state index contributed by atoms with van der Waals surface area (Å²) < 4.78 is 34.4. The number of ether oxygens (including phenoxy) is 6. The summed E-state index contributed by atoms with van der Waals surface area (Å²) in [6.45, 7) is 1.83. The van der Waals surface area contributed by atoms with Gasteiger partial charge in [-0.25, -0.2) is 0 Å². The predicted octanol–water partition coefficient (Wildman–Crippen LogP) is 9.28. The molecular weight excluding hydrogens is 1120 g/mol. The van der Waals surface area contributed by atoms with E-state index in [-0.39, 0.29) is 18.9 Å². The molecule has 0 aromatic carbocycles. The molecule has 3 saturated heterocycles. The zero-order valence-electron chi connectivity index (χ0n) is 54.3. The minimum Gasteiger partial charge on any atom is -0.394 e. The molecule has 17 unspecified atom stereocenters. The Morgan fingerprint density at radius 2 is 0.724 bits per heavy atom. The third-order valence-corrected chi connectivity index (χ3v) is 18.1. The Kier molecular flexibility index (Phi) is 46.8. The van der Waals surface area contributed by atoms with Gasteiger partial charge in [0, 0.05) is 6.42 Å². The Balaban J connectivity index is 1.39. The van der Waals surface area contributed by atoms with Crippen LogP contribution in [0.1, 0.15) is 284 Å². The second kappa shape index (κ2) is 51.0. The topological polar surface area (TPSA) is 307 Å². The molecule has 17 atom stereocenters. The number of nitrogens with one attached hydrogen (secondary N) is 1. The number of allylic oxidation sites excluding steroid dienone is 2. The molecule has 514 valence electrons. The molecule has 0 aromatic heterocycles. The van der Waals surface area contributed by atoms with Crippen molar-refractivity contribution in [3.05, 3.63) is 12.2 Å². The average Bonchev–Trinajstić information content (AvgIpc) is 1.10. The molecule has 87 heavy (non-hydrogen) atoms. The smallest absolute Gasteiger partial charge is 0.220 e. The fraction of sp³-hybridized carbons (Fsp3) is 0.956. The second-order valence-electron chi connectivity index (χ2n) is 25.7. The van der Waals surface area contributed by atoms with Crippen molar-refractivity contribution in [3.63, 3.8) is 0 Å². The van der Waals surface area contributed by atoms with Gasteiger partial charge >= 0.3 is 0 Å². The average molecular weight is 1250 g/mol. The van der Waals surface area contributed by atoms with E-state index in [4.69, 9.17) is 28.4 Å². The van der Waals surface area contributed by atoms with Crippen LogP contribution in [0.4, 0.5) is 0 Å². The first kappa shape index (κ1) is 79.8. The molecule has 0 spiro atoms. The first-order chi connectivity index (χ1) is 42.3. The molecule has 0 radical (unpaired) electrons. The third kappa shape index (κ3) is 33.3. The maximum atomic E-state index is 13.4. The summed E-state index contributed by atoms with van der Waals surface area (Å²) in [5.41, 5.74) is 0. The van der Waals surface area contributed by atoms with E-state index in [9.17, 15) is 61.0 Å². The van der Waals surface area contributed by atoms with Crippen molar-refractivity contribution in [2.75, 3.05) is 26.4 Å². The van der Waals surface area contributed by atoms with Gasteiger partial charge in [-0.05, 0) is 38.5 Å². The molecule has 0 aliphatic carbocycles. The van der Waals surface area contributed by atoms with Gasteiger partial charge < -0.3 is 89.9 Å². The van der Waals surface area contributed by atoms with E-state index in [0.29, 0.717) is 12.8 Å². The van der Waals surface area contributed by atoms with E-state index in [1.807, 2.05) is 0 Å². The van der Waals surface area contributed by atoms with Crippen molar-refractivity contribution in [2.45, 2.75) is 388 Å². The molecule has 0 saturated carbocycles. The van der Waals surface area contributed by atoms with Crippen LogP contribution in [0.5, 0.6) is 0 Å². The van der Waals surface area contributed by atoms with Crippen LogP contribution >= 0.6 is 0 Å². The molecule has 3 aliphatic rings. The molecule has 19 nitrogen and oxygen atoms in total. The molecule has 19 heteroatoms. The maximum Gasteiger partial charge on any atom is 0.220 e. The van der Waals surface area contributed by atoms with Crippen LogP contribution in [0.2, 0.25) is 0 Å². The van der Waals surface area contributed by atoms with Crippen molar-refractivity contribution in [3.8, 4) is 0 Å². The highest BCUT2D eigenvalue weighted by Gasteiger charge is 2.53. The van der Waals surface area contributed by atoms with Crippen LogP contribution in [-0.4, -0.2) is 193 Å². The molecular formula is C68H129NO18. The largest absolute Gasteiger partial charge is 0.394 e. The standard InChI is InChI=1S/C68H129NO18/c1-3-5-7-9-11-13-15-17-19-20-21-22-23-24-25-26-27-28-29-30-32-34-36-38-40-42-44-46-56(74)69-51(52(73)45-43-41-39-37-35-33-31-18-16-14-12-10-8-6-4-2)50-82-66-62(80)59(77)64(54(48-71)84-66)87-68-63(81)60(78)65(55(49-72)85-68)86-67-61(79)58(76)57(75)53(47-70)83-67/h20-21,51-55,57-68,70-73,75-81H,3-19,22-50H2,1-2H3,(H,69,74)/b21-20-. The van der Waals surface area contributed by atoms with Crippen molar-refractivity contribution in [2.24, 2.45) is 0 Å². The van der Waals surface area contributed by atoms with E-state index in [2.05, 4.69) is 31.3 Å². The lowest BCUT2D eigenvalue weighted by Gasteiger charge is -2.48. The van der Waals surface area contributed by atoms with Crippen LogP contribution in [0.15, 0.2) is 12.2 Å². The Bertz CT molecular complexity index is 1630. The Labute approximate surface area is 525 Å². The number of carbonyl (C=O) groups is 1. The fourth-order valence-electron chi connectivity index (χ4n) is 12.3. The lowest BCUT2D eigenvalue weighted by atomic mass is 9.96. The van der Waals surface area contributed by atoms with E-state index in [1.54, 1.807) is 0 Å². The second-order valence-corrected chi connectivity index (χ2v) is 25.7. The highest BCUT2D eigenvalue weighted by Crippen LogP contribution is 2.33. The van der Waals surface area contributed by atoms with Gasteiger partial charge in [-0.15, -0.1) is 0 Å². The van der Waals surface area contributed by atoms with Crippen molar-refractivity contribution in [1.82, 2.24) is 5.32 Å². The monoisotopic (exact) mass is 1250 g/mol. The quantitative estimate of drug-likeness (QED) is 0.0199. The number of carbonyl (C=O) groups excluding carboxylic acids is 1. The number of hydrogen-bond acceptors (Lipinski definition) is 18. The molecule has 0 bridgehead atoms. The van der Waals surface area contributed by atoms with Gasteiger partial charge in [0.05, 0.1) is 38.6 Å². The van der Waals surface area contributed by atoms with E-state index < -0.39 is 124 Å². The summed E-state index contributed by atoms with van der Waals surface area (Å²) in [5, 5.41) is 121. The van der Waals surface area contributed by atoms with Crippen LogP contribution in [0, 0.1) is 0 Å². The molecule has 3 rings (SSSR count). The van der Waals surface area contributed by atoms with Gasteiger partial charge in [-0.2, -0.15) is 0 Å². The zero-order chi connectivity index (χ0) is 63.3. The molecule has 3 heterocycles. The van der Waals surface area contributed by atoms with Crippen LogP contribution in [-0.2, 0) is 33.2 Å². The van der Waals surface area contributed by atoms with E-state index in [0.717, 1.165) is 44.9 Å². The first-order valence-electron chi connectivity index (χ1n) is 35.4. The number of hydrogen-bond donors (Lipinski definition) is 12. The van der Waals surface area contributed by atoms with Crippen molar-refractivity contribution in [1.29, 1.82) is 0 Å². The molecule has 12 N–H and O–H groups in total. The van der Waals surface area contributed by atoms with Crippen LogP contribution < -0.4 is 5.32 Å². The van der Waals surface area contributed by atoms with Crippen molar-refractivity contribution < 1.29 is 89.4 Å². The Morgan fingerprint density at radius 3 is 1.11 bits per heavy atom. The molecule has 3 aliphatic heterocycles. The SMILES string of the molecule is CCCCCCCCCC/C=C\CCCCCCCCCCCCCCCCCC(=O)NC(COC1OC(CO)C(OC2OC(CO)C(OC3OC(CO)C(O)C(O)C3O)C(O)C2O)C(O)C1O)C(O)CCCCCCCCCCCCCCCCC. The summed E-state index contributed by atoms with van der Waals surface area (Å²) in [5.74, 6) is -0.238. The fourth-order valence-corrected chi connectivity index (χ4v) is 12.3. The molecule has 3 fully saturated rings. The number of unbranched alkanes of at least 4 members (excludes halogenated alkanes) is 37. The summed E-state index contributed by atoms with van der Waals surface area (Å²) in [6.07, 6.45) is 28.7. The van der Waals surface area contributed by atoms with Gasteiger partial charge in [-0.3, -0.25) is 4.79 Å². The van der Waals surface area contributed by atoms with Gasteiger partial charge in [0.1, 0.15) is 73.2 Å². The summed E-state index contributed by atoms with van der Waals surface area (Å²) in [7, 11) is 0. The van der Waals surface area contributed by atoms with E-state index in [1.165, 1.54) is 205 Å². The number of aliphatic hydroxyl groups excluding tert-OH is 11. The van der Waals surface area contributed by atoms with Gasteiger partial charge in [0.15, 0.2) is 18.9 Å². The summed E-state index contributed by atoms with van der Waals surface area (Å²) in [4.78, 5) is 13.4. The predicted molar refractivity (Wildman–Crippen MR) is 337 cm³/mol. The normalized spacial score (nSPS) is 28.6. The van der Waals surface area contributed by atoms with Crippen LogP contribution in [0.3, 0.4) is 0 Å². The number of aliphatic hydroxyl groups is 11. The van der Waals surface area contributed by atoms with Gasteiger partial charge in [-0.1, -0.05) is 251 Å². The summed E-state index contributed by atoms with van der Waals surface area (Å²) in [6, 6.07) is -0.883. The molecule has 0 aromatic rings. The maximum absolute atomic E-state index is 13.4. The third-order valence-electron chi connectivity index (χ3n) is 18.1. The lowest BCUT2D eigenvalue weighted by Crippen LogP contribution is -2.66.